The number of rotatable bonds is 4. The van der Waals surface area contributed by atoms with E-state index in [2.05, 4.69) is 15.2 Å². The second-order valence-corrected chi connectivity index (χ2v) is 7.64. The fraction of sp³-hybridized carbons (Fsp3) is 0.526. The van der Waals surface area contributed by atoms with Crippen molar-refractivity contribution in [1.29, 1.82) is 0 Å². The molecule has 8 nitrogen and oxygen atoms in total. The summed E-state index contributed by atoms with van der Waals surface area (Å²) in [4.78, 5) is 30.2. The van der Waals surface area contributed by atoms with E-state index >= 15 is 0 Å². The Morgan fingerprint density at radius 1 is 1.29 bits per heavy atom. The summed E-state index contributed by atoms with van der Waals surface area (Å²) in [6.07, 6.45) is -2.82. The molecule has 0 bridgehead atoms. The number of carbonyl (C=O) groups is 2. The van der Waals surface area contributed by atoms with Gasteiger partial charge in [0.05, 0.1) is 29.4 Å². The first-order chi connectivity index (χ1) is 14.6. The molecule has 166 valence electrons. The van der Waals surface area contributed by atoms with Crippen molar-refractivity contribution in [3.63, 3.8) is 0 Å². The van der Waals surface area contributed by atoms with Crippen LogP contribution in [0.4, 0.5) is 17.6 Å². The van der Waals surface area contributed by atoms with E-state index in [0.29, 0.717) is 30.5 Å². The van der Waals surface area contributed by atoms with Crippen LogP contribution < -0.4 is 5.32 Å². The van der Waals surface area contributed by atoms with Gasteiger partial charge >= 0.3 is 12.1 Å². The summed E-state index contributed by atoms with van der Waals surface area (Å²) in [5.74, 6) is -2.60. The molecule has 0 saturated heterocycles. The zero-order valence-electron chi connectivity index (χ0n) is 16.4. The molecule has 4 rings (SSSR count). The molecular formula is C19H19F4N5O3. The Morgan fingerprint density at radius 2 is 2.03 bits per heavy atom. The molecule has 31 heavy (non-hydrogen) atoms. The highest BCUT2D eigenvalue weighted by atomic mass is 19.4. The highest BCUT2D eigenvalue weighted by Gasteiger charge is 2.44. The van der Waals surface area contributed by atoms with Crippen molar-refractivity contribution in [3.05, 3.63) is 29.4 Å². The number of nitrogens with one attached hydrogen (secondary N) is 1. The predicted molar refractivity (Wildman–Crippen MR) is 97.2 cm³/mol. The maximum Gasteiger partial charge on any atom is 0.471 e. The molecule has 2 aromatic rings. The van der Waals surface area contributed by atoms with E-state index in [9.17, 15) is 27.2 Å². The molecule has 2 aliphatic rings. The third-order valence-electron chi connectivity index (χ3n) is 5.51. The molecule has 0 aromatic carbocycles. The Morgan fingerprint density at radius 3 is 2.71 bits per heavy atom. The van der Waals surface area contributed by atoms with Crippen molar-refractivity contribution in [3.8, 4) is 11.5 Å². The maximum absolute atomic E-state index is 13.3. The Bertz CT molecular complexity index is 1010. The number of pyridine rings is 1. The third kappa shape index (κ3) is 4.10. The topological polar surface area (TPSA) is 101 Å². The van der Waals surface area contributed by atoms with Crippen LogP contribution >= 0.6 is 0 Å². The number of amides is 2. The van der Waals surface area contributed by atoms with Crippen LogP contribution in [0.5, 0.6) is 0 Å². The number of alkyl halides is 4. The summed E-state index contributed by atoms with van der Waals surface area (Å²) in [5.41, 5.74) is 1.05. The average molecular weight is 441 g/mol. The molecule has 3 atom stereocenters. The minimum absolute atomic E-state index is 0.00836. The van der Waals surface area contributed by atoms with Crippen molar-refractivity contribution in [2.24, 2.45) is 0 Å². The molecule has 2 amide bonds. The largest absolute Gasteiger partial charge is 0.471 e. The van der Waals surface area contributed by atoms with Crippen LogP contribution in [0.2, 0.25) is 0 Å². The number of fused-ring (bicyclic) bond motifs is 1. The lowest BCUT2D eigenvalue weighted by Crippen LogP contribution is -2.55. The lowest BCUT2D eigenvalue weighted by Gasteiger charge is -2.38. The normalized spacial score (nSPS) is 22.4. The fourth-order valence-corrected chi connectivity index (χ4v) is 3.99. The molecule has 1 N–H and O–H groups in total. The average Bonchev–Trinajstić information content (AvgIpc) is 3.33. The van der Waals surface area contributed by atoms with Crippen LogP contribution in [0.1, 0.15) is 60.7 Å². The summed E-state index contributed by atoms with van der Waals surface area (Å²) in [6.45, 7) is 1.37. The van der Waals surface area contributed by atoms with Crippen LogP contribution in [-0.2, 0) is 11.3 Å². The summed E-state index contributed by atoms with van der Waals surface area (Å²) in [7, 11) is 0. The van der Waals surface area contributed by atoms with Gasteiger partial charge in [-0.3, -0.25) is 14.6 Å². The van der Waals surface area contributed by atoms with Crippen LogP contribution in [0.3, 0.4) is 0 Å². The molecule has 1 fully saturated rings. The van der Waals surface area contributed by atoms with Gasteiger partial charge < -0.3 is 14.6 Å². The van der Waals surface area contributed by atoms with Gasteiger partial charge in [-0.2, -0.15) is 13.2 Å². The molecular weight excluding hydrogens is 422 g/mol. The van der Waals surface area contributed by atoms with Gasteiger partial charge in [0, 0.05) is 12.2 Å². The predicted octanol–water partition coefficient (Wildman–Crippen LogP) is 3.11. The first-order valence-electron chi connectivity index (χ1n) is 9.80. The van der Waals surface area contributed by atoms with Crippen LogP contribution in [0.15, 0.2) is 16.7 Å². The van der Waals surface area contributed by atoms with Gasteiger partial charge in [0.25, 0.3) is 11.8 Å². The number of aromatic nitrogens is 3. The Labute approximate surface area is 174 Å². The molecule has 0 spiro atoms. The quantitative estimate of drug-likeness (QED) is 0.732. The van der Waals surface area contributed by atoms with Crippen molar-refractivity contribution in [2.75, 3.05) is 0 Å². The lowest BCUT2D eigenvalue weighted by atomic mass is 9.89. The number of halogens is 4. The molecule has 3 heterocycles. The smallest absolute Gasteiger partial charge is 0.417 e. The minimum atomic E-state index is -4.99. The first kappa shape index (κ1) is 21.2. The van der Waals surface area contributed by atoms with E-state index in [0.717, 1.165) is 6.42 Å². The highest BCUT2D eigenvalue weighted by Crippen LogP contribution is 2.33. The van der Waals surface area contributed by atoms with Crippen molar-refractivity contribution < 1.29 is 31.6 Å². The Balaban J connectivity index is 1.55. The monoisotopic (exact) mass is 441 g/mol. The summed E-state index contributed by atoms with van der Waals surface area (Å²) in [5, 5.41) is 9.40. The first-order valence-corrected chi connectivity index (χ1v) is 9.80. The van der Waals surface area contributed by atoms with E-state index < -0.39 is 36.2 Å². The van der Waals surface area contributed by atoms with Crippen LogP contribution in [-0.4, -0.2) is 50.2 Å². The summed E-state index contributed by atoms with van der Waals surface area (Å²) < 4.78 is 56.7. The zero-order valence-corrected chi connectivity index (χ0v) is 16.4. The van der Waals surface area contributed by atoms with E-state index in [4.69, 9.17) is 4.42 Å². The third-order valence-corrected chi connectivity index (χ3v) is 5.51. The number of hydrogen-bond donors (Lipinski definition) is 1. The van der Waals surface area contributed by atoms with E-state index in [1.165, 1.54) is 24.1 Å². The molecule has 0 radical (unpaired) electrons. The number of hydrogen-bond acceptors (Lipinski definition) is 6. The van der Waals surface area contributed by atoms with E-state index in [1.807, 2.05) is 5.32 Å². The second kappa shape index (κ2) is 7.89. The van der Waals surface area contributed by atoms with Crippen LogP contribution in [0.25, 0.3) is 11.5 Å². The molecule has 12 heteroatoms. The van der Waals surface area contributed by atoms with Crippen molar-refractivity contribution in [1.82, 2.24) is 25.4 Å². The second-order valence-electron chi connectivity index (χ2n) is 7.64. The minimum Gasteiger partial charge on any atom is -0.417 e. The summed E-state index contributed by atoms with van der Waals surface area (Å²) >= 11 is 0. The van der Waals surface area contributed by atoms with Gasteiger partial charge in [-0.15, -0.1) is 10.2 Å². The molecule has 2 unspecified atom stereocenters. The van der Waals surface area contributed by atoms with Gasteiger partial charge in [0.1, 0.15) is 0 Å². The Kier molecular flexibility index (Phi) is 5.40. The standard InChI is InChI=1S/C19H19F4N5O3/c1-9(20)15-26-27-16(31-15)10-6-11-13(24-7-10)8-28(17(11)29)14-5-3-2-4-12(14)25-18(30)19(21,22)23/h6-7,9,12,14H,2-5,8H2,1H3,(H,25,30)/t9?,12-,14?/m1/s1. The van der Waals surface area contributed by atoms with E-state index in [-0.39, 0.29) is 23.9 Å². The lowest BCUT2D eigenvalue weighted by molar-refractivity contribution is -0.175. The van der Waals surface area contributed by atoms with Gasteiger partial charge in [-0.1, -0.05) is 12.8 Å². The fourth-order valence-electron chi connectivity index (χ4n) is 3.99. The molecule has 1 aliphatic heterocycles. The molecule has 2 aromatic heterocycles. The van der Waals surface area contributed by atoms with Gasteiger partial charge in [0.2, 0.25) is 5.89 Å². The van der Waals surface area contributed by atoms with E-state index in [1.54, 1.807) is 0 Å². The highest BCUT2D eigenvalue weighted by molar-refractivity contribution is 5.99. The number of carbonyl (C=O) groups excluding carboxylic acids is 2. The zero-order chi connectivity index (χ0) is 22.3. The van der Waals surface area contributed by atoms with Gasteiger partial charge in [-0.25, -0.2) is 4.39 Å². The van der Waals surface area contributed by atoms with Gasteiger partial charge in [0.15, 0.2) is 6.17 Å². The number of nitrogens with zero attached hydrogens (tertiary/aromatic N) is 4. The van der Waals surface area contributed by atoms with Crippen LogP contribution in [0, 0.1) is 0 Å². The Hall–Kier alpha value is -3.05. The van der Waals surface area contributed by atoms with Crippen molar-refractivity contribution >= 4 is 11.8 Å². The maximum atomic E-state index is 13.3. The molecule has 1 saturated carbocycles. The van der Waals surface area contributed by atoms with Crippen molar-refractivity contribution in [2.45, 2.75) is 63.6 Å². The van der Waals surface area contributed by atoms with Gasteiger partial charge in [-0.05, 0) is 25.8 Å². The SMILES string of the molecule is CC(F)c1nnc(-c2cnc3c(c2)C(=O)N(C2CCCC[C@H]2NC(=O)C(F)(F)F)C3)o1. The molecule has 1 aliphatic carbocycles. The summed E-state index contributed by atoms with van der Waals surface area (Å²) in [6, 6.07) is 0.120.